The number of carbonyl (C=O) groups is 1. The minimum atomic E-state index is 0.0879. The molecule has 0 N–H and O–H groups in total. The number of rotatable bonds is 11. The lowest BCUT2D eigenvalue weighted by atomic mass is 10.1. The number of likely N-dealkylation sites (N-methyl/N-ethyl adjacent to an activating group) is 1. The number of aryl methyl sites for hydroxylation is 1. The van der Waals surface area contributed by atoms with Crippen molar-refractivity contribution in [2.45, 2.75) is 32.7 Å². The van der Waals surface area contributed by atoms with E-state index in [2.05, 4.69) is 46.3 Å². The van der Waals surface area contributed by atoms with E-state index in [1.807, 2.05) is 30.6 Å². The fraction of sp³-hybridized carbons (Fsp3) is 0.409. The van der Waals surface area contributed by atoms with Gasteiger partial charge in [0.15, 0.2) is 0 Å². The third-order valence-electron chi connectivity index (χ3n) is 4.62. The summed E-state index contributed by atoms with van der Waals surface area (Å²) in [4.78, 5) is 17.6. The van der Waals surface area contributed by atoms with Crippen LogP contribution in [0.3, 0.4) is 0 Å². The molecule has 0 bridgehead atoms. The molecule has 7 heteroatoms. The third kappa shape index (κ3) is 6.51. The van der Waals surface area contributed by atoms with Gasteiger partial charge in [0, 0.05) is 6.54 Å². The highest BCUT2D eigenvalue weighted by molar-refractivity contribution is 7.13. The number of carbonyl (C=O) groups excluding carboxylic acids is 1. The average molecular weight is 413 g/mol. The zero-order chi connectivity index (χ0) is 20.5. The van der Waals surface area contributed by atoms with Crippen LogP contribution in [0.4, 0.5) is 0 Å². The number of hydrogen-bond donors (Lipinski definition) is 0. The van der Waals surface area contributed by atoms with Crippen molar-refractivity contribution in [3.8, 4) is 10.8 Å². The summed E-state index contributed by atoms with van der Waals surface area (Å²) in [6.07, 6.45) is 2.93. The van der Waals surface area contributed by atoms with Gasteiger partial charge in [-0.05, 0) is 49.9 Å². The summed E-state index contributed by atoms with van der Waals surface area (Å²) < 4.78 is 5.75. The molecular formula is C22H28N4O2S. The van der Waals surface area contributed by atoms with Crippen LogP contribution in [0.2, 0.25) is 0 Å². The maximum Gasteiger partial charge on any atom is 0.257 e. The van der Waals surface area contributed by atoms with Crippen LogP contribution < -0.4 is 0 Å². The summed E-state index contributed by atoms with van der Waals surface area (Å²) in [5.41, 5.74) is 1.33. The normalized spacial score (nSPS) is 11.1. The molecular weight excluding hydrogens is 384 g/mol. The number of thiophene rings is 1. The molecule has 1 aromatic carbocycles. The molecule has 0 spiro atoms. The van der Waals surface area contributed by atoms with E-state index in [4.69, 9.17) is 4.42 Å². The lowest BCUT2D eigenvalue weighted by molar-refractivity contribution is -0.133. The van der Waals surface area contributed by atoms with E-state index in [1.165, 1.54) is 5.56 Å². The van der Waals surface area contributed by atoms with Crippen LogP contribution in [0.25, 0.3) is 10.8 Å². The molecule has 0 fully saturated rings. The van der Waals surface area contributed by atoms with Gasteiger partial charge in [-0.3, -0.25) is 9.69 Å². The number of aromatic nitrogens is 2. The summed E-state index contributed by atoms with van der Waals surface area (Å²) in [7, 11) is 1.99. The van der Waals surface area contributed by atoms with Gasteiger partial charge >= 0.3 is 0 Å². The van der Waals surface area contributed by atoms with Crippen molar-refractivity contribution < 1.29 is 9.21 Å². The van der Waals surface area contributed by atoms with Gasteiger partial charge in [0.25, 0.3) is 5.89 Å². The molecule has 29 heavy (non-hydrogen) atoms. The molecule has 3 rings (SSSR count). The Hall–Kier alpha value is -2.51. The second-order valence-corrected chi connectivity index (χ2v) is 8.07. The first-order chi connectivity index (χ1) is 14.2. The van der Waals surface area contributed by atoms with Gasteiger partial charge in [0.05, 0.1) is 18.0 Å². The largest absolute Gasteiger partial charge is 0.418 e. The van der Waals surface area contributed by atoms with E-state index in [-0.39, 0.29) is 5.91 Å². The Morgan fingerprint density at radius 1 is 1.10 bits per heavy atom. The first-order valence-corrected chi connectivity index (χ1v) is 10.9. The van der Waals surface area contributed by atoms with Crippen LogP contribution in [0.1, 0.15) is 31.2 Å². The number of nitrogens with zero attached hydrogens (tertiary/aromatic N) is 4. The molecule has 3 aromatic rings. The van der Waals surface area contributed by atoms with Crippen molar-refractivity contribution in [2.75, 3.05) is 26.7 Å². The van der Waals surface area contributed by atoms with Gasteiger partial charge in [-0.25, -0.2) is 0 Å². The maximum absolute atomic E-state index is 12.8. The number of benzene rings is 1. The van der Waals surface area contributed by atoms with E-state index < -0.39 is 0 Å². The number of amides is 1. The molecule has 0 radical (unpaired) electrons. The highest BCUT2D eigenvalue weighted by Crippen LogP contribution is 2.23. The summed E-state index contributed by atoms with van der Waals surface area (Å²) >= 11 is 1.56. The Balaban J connectivity index is 1.49. The molecule has 154 valence electrons. The lowest BCUT2D eigenvalue weighted by Crippen LogP contribution is -2.39. The molecule has 1 amide bonds. The number of hydrogen-bond acceptors (Lipinski definition) is 6. The molecule has 0 aliphatic rings. The fourth-order valence-electron chi connectivity index (χ4n) is 3.15. The van der Waals surface area contributed by atoms with E-state index >= 15 is 0 Å². The first-order valence-electron chi connectivity index (χ1n) is 10.0. The second-order valence-electron chi connectivity index (χ2n) is 7.12. The lowest BCUT2D eigenvalue weighted by Gasteiger charge is -2.24. The van der Waals surface area contributed by atoms with Crippen LogP contribution in [-0.4, -0.2) is 52.6 Å². The van der Waals surface area contributed by atoms with Crippen LogP contribution in [-0.2, 0) is 17.8 Å². The van der Waals surface area contributed by atoms with Gasteiger partial charge in [-0.15, -0.1) is 21.5 Å². The Kier molecular flexibility index (Phi) is 7.95. The highest BCUT2D eigenvalue weighted by atomic mass is 32.1. The van der Waals surface area contributed by atoms with Crippen molar-refractivity contribution in [1.29, 1.82) is 0 Å². The minimum absolute atomic E-state index is 0.0879. The maximum atomic E-state index is 12.8. The second kappa shape index (κ2) is 10.9. The predicted octanol–water partition coefficient (Wildman–Crippen LogP) is 4.10. The Morgan fingerprint density at radius 2 is 1.93 bits per heavy atom. The summed E-state index contributed by atoms with van der Waals surface area (Å²) in [5.74, 6) is 1.07. The van der Waals surface area contributed by atoms with Crippen LogP contribution >= 0.6 is 11.3 Å². The summed E-state index contributed by atoms with van der Waals surface area (Å²) in [6.45, 7) is 4.36. The third-order valence-corrected chi connectivity index (χ3v) is 5.48. The molecule has 2 aromatic heterocycles. The van der Waals surface area contributed by atoms with Crippen molar-refractivity contribution in [1.82, 2.24) is 20.0 Å². The van der Waals surface area contributed by atoms with E-state index in [0.29, 0.717) is 31.4 Å². The van der Waals surface area contributed by atoms with Gasteiger partial charge < -0.3 is 9.32 Å². The SMILES string of the molecule is CCCN(Cc1nnc(-c2cccs2)o1)C(=O)CN(C)CCCc1ccccc1. The zero-order valence-electron chi connectivity index (χ0n) is 17.1. The Labute approximate surface area is 176 Å². The standard InChI is InChI=1S/C22H28N4O2S/c1-3-13-26(16-20-23-24-22(28-20)19-12-8-15-29-19)21(27)17-25(2)14-7-11-18-9-5-4-6-10-18/h4-6,8-10,12,15H,3,7,11,13-14,16-17H2,1-2H3. The first kappa shape index (κ1) is 21.2. The molecule has 0 aliphatic heterocycles. The molecule has 6 nitrogen and oxygen atoms in total. The Morgan fingerprint density at radius 3 is 2.66 bits per heavy atom. The molecule has 0 saturated carbocycles. The fourth-order valence-corrected chi connectivity index (χ4v) is 3.79. The topological polar surface area (TPSA) is 62.5 Å². The van der Waals surface area contributed by atoms with Gasteiger partial charge in [0.1, 0.15) is 0 Å². The average Bonchev–Trinajstić information content (AvgIpc) is 3.40. The van der Waals surface area contributed by atoms with Crippen molar-refractivity contribution >= 4 is 17.2 Å². The minimum Gasteiger partial charge on any atom is -0.418 e. The molecule has 2 heterocycles. The van der Waals surface area contributed by atoms with E-state index in [1.54, 1.807) is 16.2 Å². The quantitative estimate of drug-likeness (QED) is 0.474. The van der Waals surface area contributed by atoms with Crippen LogP contribution in [0, 0.1) is 0 Å². The highest BCUT2D eigenvalue weighted by Gasteiger charge is 2.19. The zero-order valence-corrected chi connectivity index (χ0v) is 17.9. The van der Waals surface area contributed by atoms with Gasteiger partial charge in [-0.1, -0.05) is 43.3 Å². The van der Waals surface area contributed by atoms with E-state index in [0.717, 1.165) is 30.7 Å². The van der Waals surface area contributed by atoms with E-state index in [9.17, 15) is 4.79 Å². The van der Waals surface area contributed by atoms with Crippen molar-refractivity contribution in [3.05, 3.63) is 59.3 Å². The predicted molar refractivity (Wildman–Crippen MR) is 116 cm³/mol. The van der Waals surface area contributed by atoms with Crippen LogP contribution in [0.5, 0.6) is 0 Å². The molecule has 0 saturated heterocycles. The van der Waals surface area contributed by atoms with Gasteiger partial charge in [-0.2, -0.15) is 0 Å². The summed E-state index contributed by atoms with van der Waals surface area (Å²) in [6, 6.07) is 14.3. The molecule has 0 unspecified atom stereocenters. The summed E-state index contributed by atoms with van der Waals surface area (Å²) in [5, 5.41) is 10.2. The smallest absolute Gasteiger partial charge is 0.257 e. The monoisotopic (exact) mass is 412 g/mol. The van der Waals surface area contributed by atoms with Crippen LogP contribution in [0.15, 0.2) is 52.3 Å². The Bertz CT molecular complexity index is 864. The van der Waals surface area contributed by atoms with Crippen molar-refractivity contribution in [3.63, 3.8) is 0 Å². The molecule has 0 atom stereocenters. The van der Waals surface area contributed by atoms with Crippen molar-refractivity contribution in [2.24, 2.45) is 0 Å². The molecule has 0 aliphatic carbocycles. The van der Waals surface area contributed by atoms with Gasteiger partial charge in [0.2, 0.25) is 11.8 Å².